The van der Waals surface area contributed by atoms with Gasteiger partial charge in [0.05, 0.1) is 13.2 Å². The van der Waals surface area contributed by atoms with Gasteiger partial charge in [0, 0.05) is 12.1 Å². The molecule has 3 aromatic rings. The predicted octanol–water partition coefficient (Wildman–Crippen LogP) is 4.30. The first-order valence-corrected chi connectivity index (χ1v) is 8.52. The minimum Gasteiger partial charge on any atom is -0.451 e. The normalized spacial score (nSPS) is 17.3. The molecule has 1 unspecified atom stereocenters. The second-order valence-electron chi connectivity index (χ2n) is 6.19. The van der Waals surface area contributed by atoms with Crippen LogP contribution < -0.4 is 0 Å². The second-order valence-corrected chi connectivity index (χ2v) is 6.19. The van der Waals surface area contributed by atoms with Crippen molar-refractivity contribution in [2.24, 2.45) is 0 Å². The molecule has 2 heterocycles. The van der Waals surface area contributed by atoms with Gasteiger partial charge in [0.2, 0.25) is 0 Å². The maximum absolute atomic E-state index is 13.1. The summed E-state index contributed by atoms with van der Waals surface area (Å²) in [6.07, 6.45) is -0.138. The van der Waals surface area contributed by atoms with Crippen LogP contribution in [0.4, 0.5) is 4.39 Å². The lowest BCUT2D eigenvalue weighted by atomic mass is 10.1. The summed E-state index contributed by atoms with van der Waals surface area (Å²) in [6, 6.07) is 19.2. The number of amides is 1. The SMILES string of the molecule is O=C(c1ccc(-c2ccc(F)cc2)o1)N1CCOC(c2ccccc2)C1. The fourth-order valence-corrected chi connectivity index (χ4v) is 3.08. The van der Waals surface area contributed by atoms with E-state index in [1.165, 1.54) is 12.1 Å². The Kier molecular flexibility index (Phi) is 4.54. The summed E-state index contributed by atoms with van der Waals surface area (Å²) in [6.45, 7) is 1.49. The van der Waals surface area contributed by atoms with E-state index < -0.39 is 0 Å². The largest absolute Gasteiger partial charge is 0.451 e. The van der Waals surface area contributed by atoms with Crippen LogP contribution in [0.25, 0.3) is 11.3 Å². The minimum atomic E-state index is -0.308. The van der Waals surface area contributed by atoms with Crippen LogP contribution in [0.5, 0.6) is 0 Å². The van der Waals surface area contributed by atoms with E-state index in [2.05, 4.69) is 0 Å². The average Bonchev–Trinajstić information content (AvgIpc) is 3.19. The van der Waals surface area contributed by atoms with Crippen LogP contribution in [0, 0.1) is 5.82 Å². The predicted molar refractivity (Wildman–Crippen MR) is 95.1 cm³/mol. The van der Waals surface area contributed by atoms with E-state index in [-0.39, 0.29) is 23.6 Å². The summed E-state index contributed by atoms with van der Waals surface area (Å²) in [4.78, 5) is 14.5. The molecule has 1 atom stereocenters. The number of carbonyl (C=O) groups excluding carboxylic acids is 1. The van der Waals surface area contributed by atoms with Gasteiger partial charge >= 0.3 is 0 Å². The van der Waals surface area contributed by atoms with Crippen LogP contribution in [0.1, 0.15) is 22.2 Å². The maximum atomic E-state index is 13.1. The molecule has 132 valence electrons. The van der Waals surface area contributed by atoms with Crippen molar-refractivity contribution in [2.45, 2.75) is 6.10 Å². The van der Waals surface area contributed by atoms with Gasteiger partial charge < -0.3 is 14.1 Å². The fraction of sp³-hybridized carbons (Fsp3) is 0.190. The Balaban J connectivity index is 1.50. The van der Waals surface area contributed by atoms with Crippen molar-refractivity contribution >= 4 is 5.91 Å². The number of hydrogen-bond acceptors (Lipinski definition) is 3. The molecule has 1 saturated heterocycles. The van der Waals surface area contributed by atoms with Gasteiger partial charge in [-0.15, -0.1) is 0 Å². The Morgan fingerprint density at radius 2 is 1.77 bits per heavy atom. The van der Waals surface area contributed by atoms with Crippen LogP contribution in [0.2, 0.25) is 0 Å². The summed E-state index contributed by atoms with van der Waals surface area (Å²) >= 11 is 0. The molecule has 0 aliphatic carbocycles. The van der Waals surface area contributed by atoms with Crippen LogP contribution in [-0.4, -0.2) is 30.5 Å². The van der Waals surface area contributed by atoms with Gasteiger partial charge in [-0.3, -0.25) is 4.79 Å². The molecular weight excluding hydrogens is 333 g/mol. The third kappa shape index (κ3) is 3.39. The average molecular weight is 351 g/mol. The van der Waals surface area contributed by atoms with Crippen molar-refractivity contribution < 1.29 is 18.3 Å². The van der Waals surface area contributed by atoms with E-state index >= 15 is 0 Å². The zero-order chi connectivity index (χ0) is 17.9. The summed E-state index contributed by atoms with van der Waals surface area (Å²) < 4.78 is 24.6. The highest BCUT2D eigenvalue weighted by atomic mass is 19.1. The first-order chi connectivity index (χ1) is 12.7. The number of hydrogen-bond donors (Lipinski definition) is 0. The van der Waals surface area contributed by atoms with Gasteiger partial charge in [-0.25, -0.2) is 4.39 Å². The van der Waals surface area contributed by atoms with Gasteiger partial charge in [0.25, 0.3) is 5.91 Å². The molecule has 1 amide bonds. The molecule has 4 rings (SSSR count). The van der Waals surface area contributed by atoms with Crippen LogP contribution >= 0.6 is 0 Å². The number of benzene rings is 2. The van der Waals surface area contributed by atoms with Gasteiger partial charge in [-0.1, -0.05) is 30.3 Å². The van der Waals surface area contributed by atoms with Crippen molar-refractivity contribution in [3.63, 3.8) is 0 Å². The third-order valence-corrected chi connectivity index (χ3v) is 4.47. The zero-order valence-electron chi connectivity index (χ0n) is 14.1. The summed E-state index contributed by atoms with van der Waals surface area (Å²) in [5, 5.41) is 0. The fourth-order valence-electron chi connectivity index (χ4n) is 3.08. The van der Waals surface area contributed by atoms with E-state index in [0.717, 1.165) is 11.1 Å². The maximum Gasteiger partial charge on any atom is 0.289 e. The lowest BCUT2D eigenvalue weighted by Crippen LogP contribution is -2.42. The second kappa shape index (κ2) is 7.14. The van der Waals surface area contributed by atoms with Crippen molar-refractivity contribution in [3.05, 3.63) is 83.9 Å². The van der Waals surface area contributed by atoms with Crippen LogP contribution in [-0.2, 0) is 4.74 Å². The Labute approximate surface area is 150 Å². The molecule has 0 saturated carbocycles. The Hall–Kier alpha value is -2.92. The summed E-state index contributed by atoms with van der Waals surface area (Å²) in [5.41, 5.74) is 1.78. The number of halogens is 1. The highest BCUT2D eigenvalue weighted by Gasteiger charge is 2.27. The van der Waals surface area contributed by atoms with E-state index in [1.807, 2.05) is 30.3 Å². The number of furan rings is 1. The molecule has 5 heteroatoms. The number of morpholine rings is 1. The molecule has 1 aliphatic rings. The lowest BCUT2D eigenvalue weighted by Gasteiger charge is -2.32. The highest BCUT2D eigenvalue weighted by molar-refractivity contribution is 5.92. The molecule has 4 nitrogen and oxygen atoms in total. The number of carbonyl (C=O) groups is 1. The van der Waals surface area contributed by atoms with E-state index in [0.29, 0.717) is 25.5 Å². The third-order valence-electron chi connectivity index (χ3n) is 4.47. The molecule has 26 heavy (non-hydrogen) atoms. The molecular formula is C21H18FNO3. The van der Waals surface area contributed by atoms with E-state index in [4.69, 9.17) is 9.15 Å². The first-order valence-electron chi connectivity index (χ1n) is 8.52. The molecule has 0 radical (unpaired) electrons. The van der Waals surface area contributed by atoms with Crippen molar-refractivity contribution in [1.29, 1.82) is 0 Å². The van der Waals surface area contributed by atoms with Crippen molar-refractivity contribution in [1.82, 2.24) is 4.90 Å². The standard InChI is InChI=1S/C21H18FNO3/c22-17-8-6-16(7-9-17)18-10-11-19(26-18)21(24)23-12-13-25-20(14-23)15-4-2-1-3-5-15/h1-11,20H,12-14H2. The molecule has 2 aromatic carbocycles. The smallest absolute Gasteiger partial charge is 0.289 e. The number of nitrogens with zero attached hydrogens (tertiary/aromatic N) is 1. The summed E-state index contributed by atoms with van der Waals surface area (Å²) in [7, 11) is 0. The zero-order valence-corrected chi connectivity index (χ0v) is 14.1. The first kappa shape index (κ1) is 16.5. The van der Waals surface area contributed by atoms with Crippen molar-refractivity contribution in [3.8, 4) is 11.3 Å². The quantitative estimate of drug-likeness (QED) is 0.707. The minimum absolute atomic E-state index is 0.138. The molecule has 0 bridgehead atoms. The summed E-state index contributed by atoms with van der Waals surface area (Å²) in [5.74, 6) is 0.346. The molecule has 0 spiro atoms. The van der Waals surface area contributed by atoms with Crippen LogP contribution in [0.3, 0.4) is 0 Å². The monoisotopic (exact) mass is 351 g/mol. The van der Waals surface area contributed by atoms with Crippen molar-refractivity contribution in [2.75, 3.05) is 19.7 Å². The van der Waals surface area contributed by atoms with Gasteiger partial charge in [0.1, 0.15) is 17.7 Å². The molecule has 1 aromatic heterocycles. The van der Waals surface area contributed by atoms with Gasteiger partial charge in [-0.2, -0.15) is 0 Å². The van der Waals surface area contributed by atoms with Crippen LogP contribution in [0.15, 0.2) is 71.1 Å². The lowest BCUT2D eigenvalue weighted by molar-refractivity contribution is -0.0237. The topological polar surface area (TPSA) is 42.7 Å². The number of ether oxygens (including phenoxy) is 1. The Morgan fingerprint density at radius 1 is 1.00 bits per heavy atom. The molecule has 0 N–H and O–H groups in total. The van der Waals surface area contributed by atoms with E-state index in [1.54, 1.807) is 29.2 Å². The number of rotatable bonds is 3. The Bertz CT molecular complexity index is 889. The molecule has 1 aliphatic heterocycles. The van der Waals surface area contributed by atoms with Gasteiger partial charge in [-0.05, 0) is 42.0 Å². The molecule has 1 fully saturated rings. The Morgan fingerprint density at radius 3 is 2.54 bits per heavy atom. The highest BCUT2D eigenvalue weighted by Crippen LogP contribution is 2.26. The van der Waals surface area contributed by atoms with Gasteiger partial charge in [0.15, 0.2) is 5.76 Å². The van der Waals surface area contributed by atoms with E-state index in [9.17, 15) is 9.18 Å².